The van der Waals surface area contributed by atoms with E-state index in [1.165, 1.54) is 30.7 Å². The van der Waals surface area contributed by atoms with Crippen molar-refractivity contribution in [3.63, 3.8) is 0 Å². The van der Waals surface area contributed by atoms with Crippen molar-refractivity contribution < 1.29 is 22.8 Å². The number of alkyl halides is 3. The molecule has 1 aliphatic heterocycles. The van der Waals surface area contributed by atoms with E-state index in [9.17, 15) is 18.0 Å². The Hall–Kier alpha value is -2.36. The molecule has 0 radical (unpaired) electrons. The number of amides is 1. The van der Waals surface area contributed by atoms with E-state index < -0.39 is 17.8 Å². The summed E-state index contributed by atoms with van der Waals surface area (Å²) in [7, 11) is 0. The molecule has 1 aromatic carbocycles. The molecule has 1 amide bonds. The molecule has 1 aliphatic rings. The third-order valence-corrected chi connectivity index (χ3v) is 6.97. The summed E-state index contributed by atoms with van der Waals surface area (Å²) in [6, 6.07) is 5.32. The first-order chi connectivity index (χ1) is 17.1. The van der Waals surface area contributed by atoms with Gasteiger partial charge in [0.2, 0.25) is 0 Å². The first-order valence-electron chi connectivity index (χ1n) is 11.7. The number of pyridine rings is 1. The van der Waals surface area contributed by atoms with Crippen LogP contribution in [0.2, 0.25) is 10.0 Å². The Morgan fingerprint density at radius 3 is 2.39 bits per heavy atom. The van der Waals surface area contributed by atoms with Crippen molar-refractivity contribution in [1.29, 1.82) is 0 Å². The minimum atomic E-state index is -4.38. The first-order valence-corrected chi connectivity index (χ1v) is 12.5. The van der Waals surface area contributed by atoms with Gasteiger partial charge in [0.1, 0.15) is 0 Å². The second-order valence-corrected chi connectivity index (χ2v) is 9.57. The lowest BCUT2D eigenvalue weighted by Crippen LogP contribution is -2.42. The highest BCUT2D eigenvalue weighted by Crippen LogP contribution is 2.36. The molecule has 2 unspecified atom stereocenters. The van der Waals surface area contributed by atoms with Crippen LogP contribution in [0.5, 0.6) is 0 Å². The number of aromatic nitrogens is 1. The maximum Gasteiger partial charge on any atom is 0.416 e. The van der Waals surface area contributed by atoms with Crippen LogP contribution in [-0.4, -0.2) is 47.7 Å². The SMILES string of the molecule is C/C=N/OC(c1ccc(C(F)(F)F)cc1)C1CCN(C(C)CCNC(=O)c2c(Cl)cncc2Cl)CC1. The quantitative estimate of drug-likeness (QED) is 0.293. The fourth-order valence-corrected chi connectivity index (χ4v) is 4.90. The van der Waals surface area contributed by atoms with Gasteiger partial charge in [0, 0.05) is 37.1 Å². The van der Waals surface area contributed by atoms with Crippen LogP contribution in [0.3, 0.4) is 0 Å². The molecule has 1 N–H and O–H groups in total. The minimum absolute atomic E-state index is 0.115. The van der Waals surface area contributed by atoms with Crippen molar-refractivity contribution in [1.82, 2.24) is 15.2 Å². The molecule has 2 aromatic rings. The van der Waals surface area contributed by atoms with Crippen LogP contribution >= 0.6 is 23.2 Å². The van der Waals surface area contributed by atoms with Gasteiger partial charge in [-0.05, 0) is 63.9 Å². The summed E-state index contributed by atoms with van der Waals surface area (Å²) in [5, 5.41) is 7.18. The van der Waals surface area contributed by atoms with Gasteiger partial charge in [-0.3, -0.25) is 9.78 Å². The zero-order valence-electron chi connectivity index (χ0n) is 20.1. The second kappa shape index (κ2) is 12.7. The predicted octanol–water partition coefficient (Wildman–Crippen LogP) is 6.39. The largest absolute Gasteiger partial charge is 0.416 e. The van der Waals surface area contributed by atoms with E-state index in [1.54, 1.807) is 6.92 Å². The van der Waals surface area contributed by atoms with Crippen molar-refractivity contribution in [2.45, 2.75) is 51.4 Å². The van der Waals surface area contributed by atoms with Crippen LogP contribution in [0.15, 0.2) is 41.8 Å². The molecule has 36 heavy (non-hydrogen) atoms. The average molecular weight is 545 g/mol. The standard InChI is InChI=1S/C25H29Cl2F3N4O2/c1-3-33-36-23(17-4-6-19(7-5-17)25(28,29)30)18-9-12-34(13-10-18)16(2)8-11-32-24(35)22-20(26)14-31-15-21(22)27/h3-7,14-16,18,23H,8-13H2,1-2H3,(H,32,35)/b33-3+. The van der Waals surface area contributed by atoms with E-state index in [1.807, 2.05) is 0 Å². The molecule has 0 bridgehead atoms. The topological polar surface area (TPSA) is 66.8 Å². The number of nitrogens with zero attached hydrogens (tertiary/aromatic N) is 3. The molecule has 6 nitrogen and oxygen atoms in total. The lowest BCUT2D eigenvalue weighted by atomic mass is 9.86. The van der Waals surface area contributed by atoms with Crippen molar-refractivity contribution in [2.24, 2.45) is 11.1 Å². The Labute approximate surface area is 218 Å². The molecule has 0 spiro atoms. The molecule has 0 aliphatic carbocycles. The Morgan fingerprint density at radius 1 is 1.22 bits per heavy atom. The van der Waals surface area contributed by atoms with Gasteiger partial charge in [-0.1, -0.05) is 40.5 Å². The fraction of sp³-hybridized carbons (Fsp3) is 0.480. The summed E-state index contributed by atoms with van der Waals surface area (Å²) in [6.45, 7) is 5.89. The smallest absolute Gasteiger partial charge is 0.388 e. The van der Waals surface area contributed by atoms with Gasteiger partial charge in [0.15, 0.2) is 6.10 Å². The third kappa shape index (κ3) is 7.33. The van der Waals surface area contributed by atoms with E-state index in [4.69, 9.17) is 28.0 Å². The summed E-state index contributed by atoms with van der Waals surface area (Å²) < 4.78 is 38.9. The summed E-state index contributed by atoms with van der Waals surface area (Å²) >= 11 is 12.1. The number of rotatable bonds is 9. The molecule has 0 saturated carbocycles. The minimum Gasteiger partial charge on any atom is -0.388 e. The molecular formula is C25H29Cl2F3N4O2. The van der Waals surface area contributed by atoms with Crippen molar-refractivity contribution >= 4 is 35.3 Å². The number of nitrogens with one attached hydrogen (secondary N) is 1. The van der Waals surface area contributed by atoms with Crippen LogP contribution in [0.1, 0.15) is 60.7 Å². The van der Waals surface area contributed by atoms with E-state index >= 15 is 0 Å². The van der Waals surface area contributed by atoms with Gasteiger partial charge in [-0.15, -0.1) is 0 Å². The number of benzene rings is 1. The summed E-state index contributed by atoms with van der Waals surface area (Å²) in [5.74, 6) is -0.226. The highest BCUT2D eigenvalue weighted by molar-refractivity contribution is 6.39. The van der Waals surface area contributed by atoms with E-state index in [2.05, 4.69) is 27.3 Å². The number of likely N-dealkylation sites (tertiary alicyclic amines) is 1. The molecule has 3 rings (SSSR count). The molecule has 2 heterocycles. The molecule has 2 atom stereocenters. The van der Waals surface area contributed by atoms with E-state index in [0.29, 0.717) is 12.1 Å². The van der Waals surface area contributed by atoms with Crippen molar-refractivity contribution in [2.75, 3.05) is 19.6 Å². The highest BCUT2D eigenvalue weighted by Gasteiger charge is 2.33. The molecule has 1 aromatic heterocycles. The van der Waals surface area contributed by atoms with Gasteiger partial charge < -0.3 is 15.1 Å². The first kappa shape index (κ1) is 28.2. The number of hydrogen-bond acceptors (Lipinski definition) is 5. The molecular weight excluding hydrogens is 516 g/mol. The van der Waals surface area contributed by atoms with Gasteiger partial charge in [0.05, 0.1) is 21.2 Å². The number of carbonyl (C=O) groups is 1. The molecule has 11 heteroatoms. The number of piperidine rings is 1. The monoisotopic (exact) mass is 544 g/mol. The van der Waals surface area contributed by atoms with Crippen LogP contribution in [0.25, 0.3) is 0 Å². The zero-order chi connectivity index (χ0) is 26.3. The highest BCUT2D eigenvalue weighted by atomic mass is 35.5. The average Bonchev–Trinajstić information content (AvgIpc) is 2.84. The maximum absolute atomic E-state index is 13.0. The Morgan fingerprint density at radius 2 is 1.83 bits per heavy atom. The van der Waals surface area contributed by atoms with Crippen LogP contribution in [-0.2, 0) is 11.0 Å². The summed E-state index contributed by atoms with van der Waals surface area (Å²) in [5.41, 5.74) is 0.204. The van der Waals surface area contributed by atoms with Gasteiger partial charge in [0.25, 0.3) is 5.91 Å². The number of carbonyl (C=O) groups excluding carboxylic acids is 1. The van der Waals surface area contributed by atoms with Gasteiger partial charge in [-0.2, -0.15) is 13.2 Å². The Balaban J connectivity index is 1.53. The van der Waals surface area contributed by atoms with E-state index in [0.717, 1.165) is 44.5 Å². The fourth-order valence-electron chi connectivity index (χ4n) is 4.36. The second-order valence-electron chi connectivity index (χ2n) is 8.75. The zero-order valence-corrected chi connectivity index (χ0v) is 21.6. The Kier molecular flexibility index (Phi) is 9.99. The lowest BCUT2D eigenvalue weighted by Gasteiger charge is -2.38. The molecule has 196 valence electrons. The number of hydrogen-bond donors (Lipinski definition) is 1. The summed E-state index contributed by atoms with van der Waals surface area (Å²) in [4.78, 5) is 24.3. The maximum atomic E-state index is 13.0. The Bertz CT molecular complexity index is 1020. The summed E-state index contributed by atoms with van der Waals surface area (Å²) in [6.07, 6.45) is 1.83. The number of oxime groups is 1. The molecule has 1 saturated heterocycles. The predicted molar refractivity (Wildman–Crippen MR) is 134 cm³/mol. The van der Waals surface area contributed by atoms with Crippen molar-refractivity contribution in [3.8, 4) is 0 Å². The van der Waals surface area contributed by atoms with Gasteiger partial charge in [-0.25, -0.2) is 0 Å². The third-order valence-electron chi connectivity index (χ3n) is 6.40. The normalized spacial score (nSPS) is 17.2. The van der Waals surface area contributed by atoms with Gasteiger partial charge >= 0.3 is 6.18 Å². The molecule has 1 fully saturated rings. The van der Waals surface area contributed by atoms with Crippen molar-refractivity contribution in [3.05, 3.63) is 63.4 Å². The van der Waals surface area contributed by atoms with Crippen LogP contribution in [0, 0.1) is 5.92 Å². The van der Waals surface area contributed by atoms with Crippen LogP contribution in [0.4, 0.5) is 13.2 Å². The van der Waals surface area contributed by atoms with E-state index in [-0.39, 0.29) is 33.5 Å². The number of halogens is 5. The lowest BCUT2D eigenvalue weighted by molar-refractivity contribution is -0.137. The van der Waals surface area contributed by atoms with Crippen LogP contribution < -0.4 is 5.32 Å².